The molecule has 1 aromatic rings. The van der Waals surface area contributed by atoms with Gasteiger partial charge in [0.05, 0.1) is 6.54 Å². The number of benzene rings is 1. The maximum Gasteiger partial charge on any atom is 0.243 e. The third kappa shape index (κ3) is 8.67. The molecule has 0 spiro atoms. The third-order valence-corrected chi connectivity index (χ3v) is 4.06. The molecule has 0 radical (unpaired) electrons. The Bertz CT molecular complexity index is 564. The molecule has 25 heavy (non-hydrogen) atoms. The Morgan fingerprint density at radius 3 is 2.68 bits per heavy atom. The smallest absolute Gasteiger partial charge is 0.243 e. The number of nitrogens with one attached hydrogen (secondary N) is 2. The number of carbonyl (C=O) groups excluding carboxylic acids is 1. The molecule has 0 aliphatic carbocycles. The Labute approximate surface area is 155 Å². The van der Waals surface area contributed by atoms with Crippen LogP contribution in [-0.2, 0) is 4.79 Å². The van der Waals surface area contributed by atoms with Crippen LogP contribution in [-0.4, -0.2) is 68.6 Å². The fourth-order valence-electron chi connectivity index (χ4n) is 1.92. The van der Waals surface area contributed by atoms with Crippen LogP contribution >= 0.6 is 11.8 Å². The molecule has 1 aromatic carbocycles. The first-order chi connectivity index (χ1) is 11.9. The molecule has 1 rings (SSSR count). The maximum absolute atomic E-state index is 11.7. The van der Waals surface area contributed by atoms with E-state index in [2.05, 4.69) is 21.9 Å². The van der Waals surface area contributed by atoms with Crippen molar-refractivity contribution in [2.24, 2.45) is 4.99 Å². The molecular formula is C18H30N4O2S. The monoisotopic (exact) mass is 366 g/mol. The van der Waals surface area contributed by atoms with E-state index in [1.807, 2.05) is 38.1 Å². The summed E-state index contributed by atoms with van der Waals surface area (Å²) in [5, 5.41) is 6.48. The molecule has 0 aliphatic rings. The van der Waals surface area contributed by atoms with E-state index >= 15 is 0 Å². The number of rotatable bonds is 9. The van der Waals surface area contributed by atoms with E-state index < -0.39 is 0 Å². The summed E-state index contributed by atoms with van der Waals surface area (Å²) in [7, 11) is 3.45. The molecule has 0 saturated carbocycles. The van der Waals surface area contributed by atoms with E-state index in [4.69, 9.17) is 4.74 Å². The van der Waals surface area contributed by atoms with Gasteiger partial charge in [-0.05, 0) is 31.7 Å². The molecule has 0 bridgehead atoms. The molecule has 0 saturated heterocycles. The number of amides is 1. The molecular weight excluding hydrogens is 336 g/mol. The van der Waals surface area contributed by atoms with E-state index in [1.54, 1.807) is 25.9 Å². The summed E-state index contributed by atoms with van der Waals surface area (Å²) in [6.45, 7) is 5.53. The molecule has 1 unspecified atom stereocenters. The van der Waals surface area contributed by atoms with Crippen LogP contribution in [0.2, 0.25) is 0 Å². The highest BCUT2D eigenvalue weighted by atomic mass is 32.2. The summed E-state index contributed by atoms with van der Waals surface area (Å²) in [6, 6.07) is 7.95. The number of likely N-dealkylation sites (N-methyl/N-ethyl adjacent to an activating group) is 1. The number of aryl methyl sites for hydroxylation is 1. The largest absolute Gasteiger partial charge is 0.489 e. The third-order valence-electron chi connectivity index (χ3n) is 3.45. The first kappa shape index (κ1) is 21.2. The molecule has 0 fully saturated rings. The second-order valence-electron chi connectivity index (χ2n) is 5.95. The quantitative estimate of drug-likeness (QED) is 0.396. The van der Waals surface area contributed by atoms with Crippen molar-refractivity contribution < 1.29 is 9.53 Å². The van der Waals surface area contributed by atoms with Crippen LogP contribution < -0.4 is 15.4 Å². The number of hydrogen-bond donors (Lipinski definition) is 2. The Morgan fingerprint density at radius 1 is 1.32 bits per heavy atom. The number of para-hydroxylation sites is 1. The van der Waals surface area contributed by atoms with Crippen LogP contribution in [0.4, 0.5) is 0 Å². The van der Waals surface area contributed by atoms with Gasteiger partial charge in [-0.15, -0.1) is 0 Å². The first-order valence-electron chi connectivity index (χ1n) is 8.37. The summed E-state index contributed by atoms with van der Waals surface area (Å²) in [5.74, 6) is 2.45. The Morgan fingerprint density at radius 2 is 2.04 bits per heavy atom. The lowest BCUT2D eigenvalue weighted by molar-refractivity contribution is -0.127. The molecule has 1 atom stereocenters. The fourth-order valence-corrected chi connectivity index (χ4v) is 2.23. The van der Waals surface area contributed by atoms with Crippen molar-refractivity contribution in [3.05, 3.63) is 29.8 Å². The van der Waals surface area contributed by atoms with Crippen LogP contribution in [0.15, 0.2) is 29.3 Å². The summed E-state index contributed by atoms with van der Waals surface area (Å²) in [5.41, 5.74) is 1.11. The summed E-state index contributed by atoms with van der Waals surface area (Å²) >= 11 is 1.76. The number of thioether (sulfide) groups is 1. The van der Waals surface area contributed by atoms with Crippen molar-refractivity contribution in [3.8, 4) is 5.75 Å². The van der Waals surface area contributed by atoms with E-state index in [1.165, 1.54) is 4.90 Å². The van der Waals surface area contributed by atoms with Crippen LogP contribution in [0.1, 0.15) is 12.5 Å². The molecule has 0 aliphatic heterocycles. The predicted molar refractivity (Wildman–Crippen MR) is 107 cm³/mol. The highest BCUT2D eigenvalue weighted by Gasteiger charge is 2.08. The molecule has 6 nitrogen and oxygen atoms in total. The lowest BCUT2D eigenvalue weighted by Gasteiger charge is -2.19. The number of nitrogens with zero attached hydrogens (tertiary/aromatic N) is 2. The topological polar surface area (TPSA) is 66.0 Å². The lowest BCUT2D eigenvalue weighted by Crippen LogP contribution is -2.43. The van der Waals surface area contributed by atoms with Gasteiger partial charge in [0, 0.05) is 26.4 Å². The lowest BCUT2D eigenvalue weighted by atomic mass is 10.2. The van der Waals surface area contributed by atoms with E-state index in [0.717, 1.165) is 23.6 Å². The predicted octanol–water partition coefficient (Wildman–Crippen LogP) is 1.75. The molecule has 1 amide bonds. The van der Waals surface area contributed by atoms with Gasteiger partial charge in [-0.2, -0.15) is 11.8 Å². The van der Waals surface area contributed by atoms with Gasteiger partial charge >= 0.3 is 0 Å². The minimum atomic E-state index is -0.0322. The zero-order valence-electron chi connectivity index (χ0n) is 15.8. The average Bonchev–Trinajstić information content (AvgIpc) is 2.58. The minimum Gasteiger partial charge on any atom is -0.489 e. The normalized spacial score (nSPS) is 12.4. The summed E-state index contributed by atoms with van der Waals surface area (Å²) in [6.07, 6.45) is 2.03. The zero-order valence-corrected chi connectivity index (χ0v) is 16.7. The van der Waals surface area contributed by atoms with Crippen molar-refractivity contribution in [1.29, 1.82) is 0 Å². The molecule has 2 N–H and O–H groups in total. The fraction of sp³-hybridized carbons (Fsp3) is 0.556. The Kier molecular flexibility index (Phi) is 9.84. The van der Waals surface area contributed by atoms with Crippen molar-refractivity contribution in [1.82, 2.24) is 15.5 Å². The Hall–Kier alpha value is -1.89. The number of aliphatic imine (C=N–C) groups is 1. The molecule has 0 aromatic heterocycles. The van der Waals surface area contributed by atoms with Crippen LogP contribution in [0.5, 0.6) is 5.75 Å². The minimum absolute atomic E-state index is 0.0294. The van der Waals surface area contributed by atoms with Crippen LogP contribution in [0.3, 0.4) is 0 Å². The summed E-state index contributed by atoms with van der Waals surface area (Å²) < 4.78 is 5.96. The van der Waals surface area contributed by atoms with Crippen molar-refractivity contribution >= 4 is 23.6 Å². The van der Waals surface area contributed by atoms with Crippen LogP contribution in [0.25, 0.3) is 0 Å². The first-order valence-corrected chi connectivity index (χ1v) is 9.77. The highest BCUT2D eigenvalue weighted by molar-refractivity contribution is 7.98. The molecule has 7 heteroatoms. The van der Waals surface area contributed by atoms with Gasteiger partial charge in [0.1, 0.15) is 18.4 Å². The van der Waals surface area contributed by atoms with Gasteiger partial charge in [0.25, 0.3) is 0 Å². The highest BCUT2D eigenvalue weighted by Crippen LogP contribution is 2.17. The zero-order chi connectivity index (χ0) is 18.7. The van der Waals surface area contributed by atoms with Gasteiger partial charge in [-0.3, -0.25) is 4.79 Å². The number of ether oxygens (including phenoxy) is 1. The van der Waals surface area contributed by atoms with Crippen molar-refractivity contribution in [2.45, 2.75) is 20.0 Å². The molecule has 0 heterocycles. The second-order valence-corrected chi connectivity index (χ2v) is 6.93. The number of guanidine groups is 1. The SMILES string of the molecule is CSCCNC(=NCC(=O)N(C)C)NCC(C)Oc1ccccc1C. The van der Waals surface area contributed by atoms with Gasteiger partial charge in [0.2, 0.25) is 5.91 Å². The summed E-state index contributed by atoms with van der Waals surface area (Å²) in [4.78, 5) is 17.6. The Balaban J connectivity index is 2.56. The van der Waals surface area contributed by atoms with E-state index in [9.17, 15) is 4.79 Å². The standard InChI is InChI=1S/C18H30N4O2S/c1-14-8-6-7-9-16(14)24-15(2)12-20-18(19-10-11-25-5)21-13-17(23)22(3)4/h6-9,15H,10-13H2,1-5H3,(H2,19,20,21). The van der Waals surface area contributed by atoms with Crippen LogP contribution in [0, 0.1) is 6.92 Å². The number of carbonyl (C=O) groups is 1. The molecule has 140 valence electrons. The van der Waals surface area contributed by atoms with E-state index in [-0.39, 0.29) is 18.6 Å². The van der Waals surface area contributed by atoms with Crippen molar-refractivity contribution in [2.75, 3.05) is 45.7 Å². The maximum atomic E-state index is 11.7. The van der Waals surface area contributed by atoms with Gasteiger partial charge in [-0.1, -0.05) is 18.2 Å². The second kappa shape index (κ2) is 11.6. The van der Waals surface area contributed by atoms with E-state index in [0.29, 0.717) is 12.5 Å². The van der Waals surface area contributed by atoms with Crippen molar-refractivity contribution in [3.63, 3.8) is 0 Å². The van der Waals surface area contributed by atoms with Gasteiger partial charge in [0.15, 0.2) is 5.96 Å². The number of hydrogen-bond acceptors (Lipinski definition) is 4. The van der Waals surface area contributed by atoms with Gasteiger partial charge in [-0.25, -0.2) is 4.99 Å². The average molecular weight is 367 g/mol. The van der Waals surface area contributed by atoms with Gasteiger partial charge < -0.3 is 20.3 Å².